The van der Waals surface area contributed by atoms with Gasteiger partial charge < -0.3 is 0 Å². The average Bonchev–Trinajstić information content (AvgIpc) is 2.46. The second-order valence-corrected chi connectivity index (χ2v) is 3.67. The van der Waals surface area contributed by atoms with Crippen LogP contribution in [0.4, 0.5) is 0 Å². The zero-order valence-electron chi connectivity index (χ0n) is 9.58. The van der Waals surface area contributed by atoms with Crippen LogP contribution in [0, 0.1) is 11.3 Å². The molecular formula is C15H10N2O. The van der Waals surface area contributed by atoms with E-state index in [1.165, 1.54) is 6.08 Å². The minimum absolute atomic E-state index is 0.0678. The maximum absolute atomic E-state index is 11.8. The molecule has 0 amide bonds. The predicted octanol–water partition coefficient (Wildman–Crippen LogP) is 2.85. The van der Waals surface area contributed by atoms with Crippen molar-refractivity contribution in [1.29, 1.82) is 5.26 Å². The number of hydrogen-bond acceptors (Lipinski definition) is 3. The maximum Gasteiger partial charge on any atom is 0.185 e. The molecule has 0 fully saturated rings. The molecule has 0 radical (unpaired) electrons. The number of rotatable bonds is 3. The zero-order chi connectivity index (χ0) is 12.8. The summed E-state index contributed by atoms with van der Waals surface area (Å²) >= 11 is 0. The lowest BCUT2D eigenvalue weighted by atomic mass is 10.1. The fourth-order valence-corrected chi connectivity index (χ4v) is 1.45. The lowest BCUT2D eigenvalue weighted by Crippen LogP contribution is -1.93. The molecular weight excluding hydrogens is 224 g/mol. The van der Waals surface area contributed by atoms with Gasteiger partial charge in [-0.1, -0.05) is 18.2 Å². The number of aromatic nitrogens is 1. The normalized spacial score (nSPS) is 10.2. The van der Waals surface area contributed by atoms with Crippen molar-refractivity contribution in [1.82, 2.24) is 4.98 Å². The van der Waals surface area contributed by atoms with E-state index in [0.717, 1.165) is 5.56 Å². The number of carbonyl (C=O) groups excluding carboxylic acids is 1. The topological polar surface area (TPSA) is 53.8 Å². The number of carbonyl (C=O) groups is 1. The first-order valence-electron chi connectivity index (χ1n) is 5.42. The Kier molecular flexibility index (Phi) is 3.62. The molecule has 0 bridgehead atoms. The molecule has 3 nitrogen and oxygen atoms in total. The fraction of sp³-hybridized carbons (Fsp3) is 0. The number of hydrogen-bond donors (Lipinski definition) is 0. The van der Waals surface area contributed by atoms with Gasteiger partial charge in [0.05, 0.1) is 11.6 Å². The quantitative estimate of drug-likeness (QED) is 0.606. The van der Waals surface area contributed by atoms with E-state index in [9.17, 15) is 4.79 Å². The molecule has 1 aromatic heterocycles. The Morgan fingerprint density at radius 3 is 2.39 bits per heavy atom. The van der Waals surface area contributed by atoms with Crippen LogP contribution in [-0.2, 0) is 0 Å². The van der Waals surface area contributed by atoms with Crippen molar-refractivity contribution in [3.8, 4) is 6.07 Å². The second-order valence-electron chi connectivity index (χ2n) is 3.67. The first-order chi connectivity index (χ1) is 8.79. The third-order valence-electron chi connectivity index (χ3n) is 2.43. The van der Waals surface area contributed by atoms with Gasteiger partial charge in [0, 0.05) is 18.0 Å². The number of ketones is 1. The van der Waals surface area contributed by atoms with E-state index in [0.29, 0.717) is 11.1 Å². The van der Waals surface area contributed by atoms with E-state index in [-0.39, 0.29) is 5.78 Å². The molecule has 0 aliphatic heterocycles. The minimum Gasteiger partial charge on any atom is -0.289 e. The number of pyridine rings is 1. The highest BCUT2D eigenvalue weighted by Crippen LogP contribution is 2.07. The van der Waals surface area contributed by atoms with Crippen LogP contribution in [0.5, 0.6) is 0 Å². The van der Waals surface area contributed by atoms with Crippen LogP contribution in [0.1, 0.15) is 21.5 Å². The second kappa shape index (κ2) is 5.55. The smallest absolute Gasteiger partial charge is 0.185 e. The number of allylic oxidation sites excluding steroid dienone is 1. The summed E-state index contributed by atoms with van der Waals surface area (Å²) in [4.78, 5) is 15.6. The molecule has 0 saturated heterocycles. The Balaban J connectivity index is 2.11. The van der Waals surface area contributed by atoms with Gasteiger partial charge in [-0.3, -0.25) is 9.78 Å². The van der Waals surface area contributed by atoms with Crippen LogP contribution >= 0.6 is 0 Å². The van der Waals surface area contributed by atoms with Crippen LogP contribution in [-0.4, -0.2) is 10.8 Å². The molecule has 1 aromatic carbocycles. The Bertz CT molecular complexity index is 607. The van der Waals surface area contributed by atoms with Crippen molar-refractivity contribution >= 4 is 11.9 Å². The van der Waals surface area contributed by atoms with E-state index in [2.05, 4.69) is 4.98 Å². The largest absolute Gasteiger partial charge is 0.289 e. The molecule has 2 aromatic rings. The van der Waals surface area contributed by atoms with Gasteiger partial charge >= 0.3 is 0 Å². The average molecular weight is 234 g/mol. The lowest BCUT2D eigenvalue weighted by Gasteiger charge is -1.95. The molecule has 86 valence electrons. The van der Waals surface area contributed by atoms with E-state index >= 15 is 0 Å². The summed E-state index contributed by atoms with van der Waals surface area (Å²) in [5.74, 6) is -0.0678. The molecule has 0 saturated carbocycles. The summed E-state index contributed by atoms with van der Waals surface area (Å²) in [5, 5.41) is 8.67. The van der Waals surface area contributed by atoms with E-state index in [1.807, 2.05) is 6.07 Å². The van der Waals surface area contributed by atoms with Crippen LogP contribution in [0.2, 0.25) is 0 Å². The molecule has 0 unspecified atom stereocenters. The van der Waals surface area contributed by atoms with Crippen molar-refractivity contribution in [2.75, 3.05) is 0 Å². The molecule has 18 heavy (non-hydrogen) atoms. The van der Waals surface area contributed by atoms with Crippen LogP contribution in [0.15, 0.2) is 54.9 Å². The summed E-state index contributed by atoms with van der Waals surface area (Å²) in [7, 11) is 0. The van der Waals surface area contributed by atoms with Crippen molar-refractivity contribution in [3.63, 3.8) is 0 Å². The zero-order valence-corrected chi connectivity index (χ0v) is 9.58. The van der Waals surface area contributed by atoms with E-state index < -0.39 is 0 Å². The Morgan fingerprint density at radius 1 is 1.11 bits per heavy atom. The number of nitrogens with zero attached hydrogens (tertiary/aromatic N) is 2. The van der Waals surface area contributed by atoms with Gasteiger partial charge in [-0.15, -0.1) is 0 Å². The fourth-order valence-electron chi connectivity index (χ4n) is 1.45. The lowest BCUT2D eigenvalue weighted by molar-refractivity contribution is 0.104. The predicted molar refractivity (Wildman–Crippen MR) is 68.8 cm³/mol. The van der Waals surface area contributed by atoms with Crippen LogP contribution in [0.3, 0.4) is 0 Å². The van der Waals surface area contributed by atoms with Crippen molar-refractivity contribution < 1.29 is 4.79 Å². The maximum atomic E-state index is 11.8. The van der Waals surface area contributed by atoms with Crippen LogP contribution in [0.25, 0.3) is 6.08 Å². The van der Waals surface area contributed by atoms with Gasteiger partial charge in [0.25, 0.3) is 0 Å². The summed E-state index contributed by atoms with van der Waals surface area (Å²) in [6, 6.07) is 12.4. The minimum atomic E-state index is -0.0678. The summed E-state index contributed by atoms with van der Waals surface area (Å²) in [5.41, 5.74) is 2.10. The van der Waals surface area contributed by atoms with Gasteiger partial charge in [-0.25, -0.2) is 0 Å². The van der Waals surface area contributed by atoms with Crippen molar-refractivity contribution in [3.05, 3.63) is 71.6 Å². The first-order valence-corrected chi connectivity index (χ1v) is 5.42. The highest BCUT2D eigenvalue weighted by atomic mass is 16.1. The molecule has 0 spiro atoms. The monoisotopic (exact) mass is 234 g/mol. The van der Waals surface area contributed by atoms with Gasteiger partial charge in [-0.05, 0) is 35.9 Å². The van der Waals surface area contributed by atoms with E-state index in [1.54, 1.807) is 54.9 Å². The Hall–Kier alpha value is -2.73. The first kappa shape index (κ1) is 11.7. The molecule has 0 atom stereocenters. The van der Waals surface area contributed by atoms with Crippen molar-refractivity contribution in [2.24, 2.45) is 0 Å². The third kappa shape index (κ3) is 2.89. The van der Waals surface area contributed by atoms with Crippen molar-refractivity contribution in [2.45, 2.75) is 0 Å². The SMILES string of the molecule is N#Cc1ccc(C=CC(=O)c2ccncc2)cc1. The Morgan fingerprint density at radius 2 is 1.78 bits per heavy atom. The third-order valence-corrected chi connectivity index (χ3v) is 2.43. The number of nitriles is 1. The van der Waals surface area contributed by atoms with Gasteiger partial charge in [0.15, 0.2) is 5.78 Å². The molecule has 1 heterocycles. The Labute approximate surface area is 105 Å². The van der Waals surface area contributed by atoms with Gasteiger partial charge in [0.2, 0.25) is 0 Å². The highest BCUT2D eigenvalue weighted by molar-refractivity contribution is 6.06. The summed E-state index contributed by atoms with van der Waals surface area (Å²) in [6.07, 6.45) is 6.41. The molecule has 0 N–H and O–H groups in total. The summed E-state index contributed by atoms with van der Waals surface area (Å²) < 4.78 is 0. The standard InChI is InChI=1S/C15H10N2O/c16-11-13-3-1-12(2-4-13)5-6-15(18)14-7-9-17-10-8-14/h1-10H. The molecule has 0 aliphatic rings. The summed E-state index contributed by atoms with van der Waals surface area (Å²) in [6.45, 7) is 0. The van der Waals surface area contributed by atoms with Gasteiger partial charge in [0.1, 0.15) is 0 Å². The molecule has 3 heteroatoms. The van der Waals surface area contributed by atoms with Gasteiger partial charge in [-0.2, -0.15) is 5.26 Å². The van der Waals surface area contributed by atoms with E-state index in [4.69, 9.17) is 5.26 Å². The molecule has 0 aliphatic carbocycles. The number of benzene rings is 1. The van der Waals surface area contributed by atoms with Crippen LogP contribution < -0.4 is 0 Å². The highest BCUT2D eigenvalue weighted by Gasteiger charge is 1.99. The molecule has 2 rings (SSSR count).